The van der Waals surface area contributed by atoms with Crippen LogP contribution in [0.2, 0.25) is 0 Å². The molecular formula is C33H45F4N7O4. The van der Waals surface area contributed by atoms with E-state index in [-0.39, 0.29) is 41.7 Å². The Bertz CT molecular complexity index is 1390. The molecule has 4 amide bonds. The highest BCUT2D eigenvalue weighted by molar-refractivity contribution is 6.43. The second-order valence-corrected chi connectivity index (χ2v) is 12.9. The minimum atomic E-state index is -4.66. The first-order chi connectivity index (χ1) is 22.7. The summed E-state index contributed by atoms with van der Waals surface area (Å²) in [5.41, 5.74) is 5.01. The predicted molar refractivity (Wildman–Crippen MR) is 172 cm³/mol. The van der Waals surface area contributed by atoms with Crippen molar-refractivity contribution in [3.63, 3.8) is 0 Å². The maximum absolute atomic E-state index is 15.6. The number of alkyl halides is 3. The molecule has 264 valence electrons. The normalized spacial score (nSPS) is 19.6. The van der Waals surface area contributed by atoms with E-state index in [1.807, 2.05) is 7.05 Å². The quantitative estimate of drug-likeness (QED) is 0.176. The van der Waals surface area contributed by atoms with Crippen molar-refractivity contribution in [3.8, 4) is 0 Å². The Labute approximate surface area is 277 Å². The molecule has 2 saturated carbocycles. The van der Waals surface area contributed by atoms with Gasteiger partial charge in [-0.1, -0.05) is 19.9 Å². The minimum absolute atomic E-state index is 0.135. The zero-order chi connectivity index (χ0) is 35.2. The molecule has 1 aromatic rings. The van der Waals surface area contributed by atoms with Crippen LogP contribution in [0.3, 0.4) is 0 Å². The van der Waals surface area contributed by atoms with Gasteiger partial charge in [0.1, 0.15) is 30.2 Å². The number of amides is 4. The third-order valence-electron chi connectivity index (χ3n) is 9.20. The Morgan fingerprint density at radius 3 is 2.17 bits per heavy atom. The number of carbonyl (C=O) groups is 4. The summed E-state index contributed by atoms with van der Waals surface area (Å²) in [5, 5.41) is 7.93. The fourth-order valence-electron chi connectivity index (χ4n) is 6.13. The molecule has 3 atom stereocenters. The van der Waals surface area contributed by atoms with Gasteiger partial charge in [0.25, 0.3) is 5.91 Å². The molecular weight excluding hydrogens is 634 g/mol. The van der Waals surface area contributed by atoms with E-state index in [9.17, 15) is 32.3 Å². The van der Waals surface area contributed by atoms with E-state index < -0.39 is 54.1 Å². The summed E-state index contributed by atoms with van der Waals surface area (Å²) in [6.07, 6.45) is 0.670. The summed E-state index contributed by atoms with van der Waals surface area (Å²) < 4.78 is 54.2. The van der Waals surface area contributed by atoms with Crippen LogP contribution < -0.4 is 21.7 Å². The van der Waals surface area contributed by atoms with Gasteiger partial charge in [0.15, 0.2) is 0 Å². The number of nitrogens with one attached hydrogen (secondary N) is 3. The summed E-state index contributed by atoms with van der Waals surface area (Å²) >= 11 is 0. The fraction of sp³-hybridized carbons (Fsp3) is 0.606. The molecule has 5 N–H and O–H groups in total. The van der Waals surface area contributed by atoms with E-state index in [0.717, 1.165) is 38.0 Å². The molecule has 3 fully saturated rings. The van der Waals surface area contributed by atoms with E-state index in [4.69, 9.17) is 5.73 Å². The van der Waals surface area contributed by atoms with Gasteiger partial charge in [-0.2, -0.15) is 13.2 Å². The van der Waals surface area contributed by atoms with Crippen LogP contribution in [0.25, 0.3) is 0 Å². The van der Waals surface area contributed by atoms with Gasteiger partial charge < -0.3 is 31.5 Å². The Balaban J connectivity index is 1.54. The van der Waals surface area contributed by atoms with Crippen molar-refractivity contribution in [1.82, 2.24) is 20.4 Å². The van der Waals surface area contributed by atoms with E-state index in [1.54, 1.807) is 24.8 Å². The second-order valence-electron chi connectivity index (χ2n) is 12.9. The molecule has 48 heavy (non-hydrogen) atoms. The molecule has 1 heterocycles. The standard InChI is InChI=1S/C33H45F4N7O4/c1-4-26(45)41-28(32(48)44-15-13-43(3)14-16-44)19(2)22-9-10-24(23(34)17-22)40-31(47)29(27(20-5-6-20)21-7-8-21)42-30(46)25(11-12-38)39-18-33(35,36)37/h9-12,17,19-21,27-29H,4-8,13-16,18,38H2,1-3H3,(H,40,47)(H,41,45)(H,42,46)/b12-11-,39-25?/t19-,28+,29-/m0/s1. The van der Waals surface area contributed by atoms with Gasteiger partial charge in [0.2, 0.25) is 17.7 Å². The van der Waals surface area contributed by atoms with E-state index in [0.29, 0.717) is 31.7 Å². The number of likely N-dealkylation sites (N-methyl/N-ethyl adjacent to an activating group) is 1. The number of hydrogen-bond acceptors (Lipinski definition) is 7. The number of nitrogens with two attached hydrogens (primary N) is 1. The first-order valence-electron chi connectivity index (χ1n) is 16.4. The molecule has 2 aliphatic carbocycles. The maximum atomic E-state index is 15.6. The van der Waals surface area contributed by atoms with Gasteiger partial charge in [0, 0.05) is 38.5 Å². The van der Waals surface area contributed by atoms with Crippen molar-refractivity contribution in [2.24, 2.45) is 28.5 Å². The Kier molecular flexibility index (Phi) is 12.2. The lowest BCUT2D eigenvalue weighted by molar-refractivity contribution is -0.138. The maximum Gasteiger partial charge on any atom is 0.407 e. The van der Waals surface area contributed by atoms with Crippen molar-refractivity contribution in [1.29, 1.82) is 0 Å². The third-order valence-corrected chi connectivity index (χ3v) is 9.20. The topological polar surface area (TPSA) is 149 Å². The lowest BCUT2D eigenvalue weighted by atomic mass is 9.88. The van der Waals surface area contributed by atoms with Gasteiger partial charge in [-0.15, -0.1) is 0 Å². The number of hydrogen-bond donors (Lipinski definition) is 4. The molecule has 0 radical (unpaired) electrons. The molecule has 4 rings (SSSR count). The Morgan fingerprint density at radius 1 is 1.02 bits per heavy atom. The summed E-state index contributed by atoms with van der Waals surface area (Å²) in [4.78, 5) is 59.9. The molecule has 0 aromatic heterocycles. The summed E-state index contributed by atoms with van der Waals surface area (Å²) in [6.45, 7) is 4.16. The average molecular weight is 680 g/mol. The van der Waals surface area contributed by atoms with Crippen LogP contribution in [-0.2, 0) is 19.2 Å². The van der Waals surface area contributed by atoms with Gasteiger partial charge >= 0.3 is 6.18 Å². The second kappa shape index (κ2) is 15.9. The number of carbonyl (C=O) groups excluding carboxylic acids is 4. The molecule has 11 nitrogen and oxygen atoms in total. The number of rotatable bonds is 14. The van der Waals surface area contributed by atoms with Crippen molar-refractivity contribution in [3.05, 3.63) is 41.9 Å². The fourth-order valence-corrected chi connectivity index (χ4v) is 6.13. The molecule has 0 unspecified atom stereocenters. The van der Waals surface area contributed by atoms with E-state index in [2.05, 4.69) is 25.8 Å². The third kappa shape index (κ3) is 10.0. The number of benzene rings is 1. The highest BCUT2D eigenvalue weighted by atomic mass is 19.4. The first-order valence-corrected chi connectivity index (χ1v) is 16.4. The minimum Gasteiger partial charge on any atom is -0.405 e. The number of anilines is 1. The van der Waals surface area contributed by atoms with Crippen molar-refractivity contribution >= 4 is 35.0 Å². The molecule has 15 heteroatoms. The van der Waals surface area contributed by atoms with Crippen molar-refractivity contribution < 1.29 is 36.7 Å². The molecule has 1 aliphatic heterocycles. The number of piperazine rings is 1. The van der Waals surface area contributed by atoms with Gasteiger partial charge in [-0.3, -0.25) is 24.2 Å². The van der Waals surface area contributed by atoms with Gasteiger partial charge in [-0.25, -0.2) is 4.39 Å². The predicted octanol–water partition coefficient (Wildman–Crippen LogP) is 2.93. The largest absolute Gasteiger partial charge is 0.407 e. The molecule has 3 aliphatic rings. The van der Waals surface area contributed by atoms with Crippen LogP contribution >= 0.6 is 0 Å². The van der Waals surface area contributed by atoms with Crippen LogP contribution in [0.15, 0.2) is 35.5 Å². The zero-order valence-electron chi connectivity index (χ0n) is 27.5. The Morgan fingerprint density at radius 2 is 1.65 bits per heavy atom. The smallest absolute Gasteiger partial charge is 0.405 e. The van der Waals surface area contributed by atoms with Gasteiger partial charge in [0.05, 0.1) is 5.69 Å². The van der Waals surface area contributed by atoms with Crippen molar-refractivity contribution in [2.45, 2.75) is 70.1 Å². The van der Waals surface area contributed by atoms with Crippen LogP contribution in [0.1, 0.15) is 57.4 Å². The summed E-state index contributed by atoms with van der Waals surface area (Å²) in [5.74, 6) is -3.71. The summed E-state index contributed by atoms with van der Waals surface area (Å²) in [6, 6.07) is 2.02. The molecule has 1 aromatic carbocycles. The number of nitrogens with zero attached hydrogens (tertiary/aromatic N) is 3. The van der Waals surface area contributed by atoms with Crippen LogP contribution in [0.4, 0.5) is 23.2 Å². The number of aliphatic imine (C=N–C) groups is 1. The monoisotopic (exact) mass is 679 g/mol. The zero-order valence-corrected chi connectivity index (χ0v) is 27.5. The Hall–Kier alpha value is -4.01. The van der Waals surface area contributed by atoms with Crippen LogP contribution in [0.5, 0.6) is 0 Å². The highest BCUT2D eigenvalue weighted by Crippen LogP contribution is 2.51. The number of halogens is 4. The van der Waals surface area contributed by atoms with Crippen LogP contribution in [0, 0.1) is 23.6 Å². The lowest BCUT2D eigenvalue weighted by Crippen LogP contribution is -2.55. The van der Waals surface area contributed by atoms with E-state index in [1.165, 1.54) is 12.1 Å². The molecule has 0 spiro atoms. The molecule has 1 saturated heterocycles. The van der Waals surface area contributed by atoms with Crippen LogP contribution in [-0.4, -0.2) is 97.2 Å². The van der Waals surface area contributed by atoms with E-state index >= 15 is 4.39 Å². The molecule has 0 bridgehead atoms. The lowest BCUT2D eigenvalue weighted by Gasteiger charge is -2.36. The average Bonchev–Trinajstić information content (AvgIpc) is 3.98. The summed E-state index contributed by atoms with van der Waals surface area (Å²) in [7, 11) is 1.96. The first kappa shape index (κ1) is 36.8. The SMILES string of the molecule is CCC(=O)N[C@@H](C(=O)N1CCN(C)CC1)[C@@H](C)c1ccc(NC(=O)[C@@H](NC(=O)C(/C=C\N)=NCC(F)(F)F)C(C2CC2)C2CC2)c(F)c1. The highest BCUT2D eigenvalue weighted by Gasteiger charge is 2.48. The van der Waals surface area contributed by atoms with Crippen molar-refractivity contribution in [2.75, 3.05) is 45.1 Å². The van der Waals surface area contributed by atoms with Gasteiger partial charge in [-0.05, 0) is 80.5 Å².